The molecule has 3 nitrogen and oxygen atoms in total. The highest BCUT2D eigenvalue weighted by Crippen LogP contribution is 2.30. The van der Waals surface area contributed by atoms with Gasteiger partial charge in [0.05, 0.1) is 6.04 Å². The number of Topliss-reactive ketones (excluding diaryl/α,β-unsaturated/α-hetero) is 1. The first-order valence-electron chi connectivity index (χ1n) is 5.69. The Morgan fingerprint density at radius 1 is 1.33 bits per heavy atom. The second kappa shape index (κ2) is 4.33. The van der Waals surface area contributed by atoms with E-state index in [2.05, 4.69) is 5.32 Å². The summed E-state index contributed by atoms with van der Waals surface area (Å²) in [6, 6.07) is -0.337. The van der Waals surface area contributed by atoms with Gasteiger partial charge < -0.3 is 5.32 Å². The first-order valence-corrected chi connectivity index (χ1v) is 5.69. The summed E-state index contributed by atoms with van der Waals surface area (Å²) in [5.74, 6) is 0.340. The van der Waals surface area contributed by atoms with Gasteiger partial charge in [-0.2, -0.15) is 0 Å². The standard InChI is InChI=1S/C12H21NO2/c1-5-9(14)10(12(2,3)4)13-11(15)8-6-7-8/h8,10H,5-7H2,1-4H3,(H,13,15)/t10-/m1/s1. The largest absolute Gasteiger partial charge is 0.346 e. The van der Waals surface area contributed by atoms with Crippen molar-refractivity contribution in [1.82, 2.24) is 5.32 Å². The van der Waals surface area contributed by atoms with Gasteiger partial charge in [-0.25, -0.2) is 0 Å². The fourth-order valence-electron chi connectivity index (χ4n) is 1.59. The van der Waals surface area contributed by atoms with Crippen molar-refractivity contribution in [3.63, 3.8) is 0 Å². The van der Waals surface area contributed by atoms with Crippen molar-refractivity contribution in [1.29, 1.82) is 0 Å². The summed E-state index contributed by atoms with van der Waals surface area (Å²) in [6.45, 7) is 7.79. The third kappa shape index (κ3) is 3.33. The zero-order chi connectivity index (χ0) is 11.6. The predicted molar refractivity (Wildman–Crippen MR) is 59.4 cm³/mol. The Morgan fingerprint density at radius 2 is 1.87 bits per heavy atom. The number of carbonyl (C=O) groups is 2. The molecule has 0 aliphatic heterocycles. The number of amides is 1. The second-order valence-corrected chi connectivity index (χ2v) is 5.40. The molecule has 1 atom stereocenters. The van der Waals surface area contributed by atoms with Crippen LogP contribution >= 0.6 is 0 Å². The number of nitrogens with one attached hydrogen (secondary N) is 1. The maximum absolute atomic E-state index is 11.7. The van der Waals surface area contributed by atoms with Crippen molar-refractivity contribution in [3.05, 3.63) is 0 Å². The van der Waals surface area contributed by atoms with Crippen LogP contribution in [0.3, 0.4) is 0 Å². The van der Waals surface area contributed by atoms with Crippen molar-refractivity contribution < 1.29 is 9.59 Å². The summed E-state index contributed by atoms with van der Waals surface area (Å²) in [5.41, 5.74) is -0.197. The van der Waals surface area contributed by atoms with Crippen molar-refractivity contribution in [2.24, 2.45) is 11.3 Å². The lowest BCUT2D eigenvalue weighted by molar-refractivity contribution is -0.130. The van der Waals surface area contributed by atoms with E-state index >= 15 is 0 Å². The van der Waals surface area contributed by atoms with E-state index in [1.807, 2.05) is 27.7 Å². The van der Waals surface area contributed by atoms with Crippen LogP contribution in [0.2, 0.25) is 0 Å². The number of hydrogen-bond acceptors (Lipinski definition) is 2. The maximum Gasteiger partial charge on any atom is 0.223 e. The van der Waals surface area contributed by atoms with E-state index in [0.29, 0.717) is 6.42 Å². The average Bonchev–Trinajstić information content (AvgIpc) is 2.93. The quantitative estimate of drug-likeness (QED) is 0.772. The zero-order valence-corrected chi connectivity index (χ0v) is 10.1. The molecule has 1 aliphatic rings. The van der Waals surface area contributed by atoms with Crippen molar-refractivity contribution in [3.8, 4) is 0 Å². The topological polar surface area (TPSA) is 46.2 Å². The van der Waals surface area contributed by atoms with E-state index in [-0.39, 0.29) is 29.1 Å². The predicted octanol–water partition coefficient (Wildman–Crippen LogP) is 1.91. The second-order valence-electron chi connectivity index (χ2n) is 5.40. The first kappa shape index (κ1) is 12.2. The van der Waals surface area contributed by atoms with Crippen LogP contribution in [0.5, 0.6) is 0 Å². The number of carbonyl (C=O) groups excluding carboxylic acids is 2. The summed E-state index contributed by atoms with van der Waals surface area (Å²) in [4.78, 5) is 23.3. The highest BCUT2D eigenvalue weighted by atomic mass is 16.2. The van der Waals surface area contributed by atoms with Gasteiger partial charge in [0.1, 0.15) is 0 Å². The molecule has 0 aromatic carbocycles. The molecule has 0 radical (unpaired) electrons. The smallest absolute Gasteiger partial charge is 0.223 e. The van der Waals surface area contributed by atoms with Crippen LogP contribution in [-0.4, -0.2) is 17.7 Å². The minimum Gasteiger partial charge on any atom is -0.346 e. The number of hydrogen-bond donors (Lipinski definition) is 1. The van der Waals surface area contributed by atoms with Crippen molar-refractivity contribution in [2.75, 3.05) is 0 Å². The fourth-order valence-corrected chi connectivity index (χ4v) is 1.59. The number of rotatable bonds is 4. The SMILES string of the molecule is CCC(=O)[C@@H](NC(=O)C1CC1)C(C)(C)C. The normalized spacial score (nSPS) is 18.4. The van der Waals surface area contributed by atoms with Gasteiger partial charge in [-0.05, 0) is 18.3 Å². The zero-order valence-electron chi connectivity index (χ0n) is 10.1. The molecule has 1 amide bonds. The van der Waals surface area contributed by atoms with Crippen LogP contribution in [0.4, 0.5) is 0 Å². The van der Waals surface area contributed by atoms with Gasteiger partial charge in [0.25, 0.3) is 0 Å². The monoisotopic (exact) mass is 211 g/mol. The lowest BCUT2D eigenvalue weighted by Gasteiger charge is -2.30. The molecule has 0 heterocycles. The molecule has 86 valence electrons. The summed E-state index contributed by atoms with van der Waals surface area (Å²) >= 11 is 0. The lowest BCUT2D eigenvalue weighted by atomic mass is 9.83. The highest BCUT2D eigenvalue weighted by molar-refractivity contribution is 5.90. The average molecular weight is 211 g/mol. The molecule has 0 aromatic rings. The molecular weight excluding hydrogens is 190 g/mol. The minimum absolute atomic E-state index is 0.0525. The Bertz CT molecular complexity index is 261. The minimum atomic E-state index is -0.337. The molecule has 0 aromatic heterocycles. The molecule has 1 N–H and O–H groups in total. The van der Waals surface area contributed by atoms with E-state index in [4.69, 9.17) is 0 Å². The molecule has 0 bridgehead atoms. The molecule has 1 aliphatic carbocycles. The van der Waals surface area contributed by atoms with E-state index in [1.165, 1.54) is 0 Å². The molecule has 0 unspecified atom stereocenters. The van der Waals surface area contributed by atoms with Crippen LogP contribution in [0, 0.1) is 11.3 Å². The Hall–Kier alpha value is -0.860. The number of ketones is 1. The molecular formula is C12H21NO2. The van der Waals surface area contributed by atoms with E-state index < -0.39 is 0 Å². The van der Waals surface area contributed by atoms with Gasteiger partial charge in [-0.15, -0.1) is 0 Å². The summed E-state index contributed by atoms with van der Waals surface area (Å²) in [6.07, 6.45) is 2.43. The Morgan fingerprint density at radius 3 is 2.20 bits per heavy atom. The van der Waals surface area contributed by atoms with Crippen LogP contribution in [0.1, 0.15) is 47.0 Å². The third-order valence-electron chi connectivity index (χ3n) is 2.77. The molecule has 3 heteroatoms. The molecule has 1 saturated carbocycles. The van der Waals surface area contributed by atoms with Gasteiger partial charge in [-0.3, -0.25) is 9.59 Å². The molecule has 1 rings (SSSR count). The summed E-state index contributed by atoms with van der Waals surface area (Å²) in [7, 11) is 0. The summed E-state index contributed by atoms with van der Waals surface area (Å²) in [5, 5.41) is 2.88. The fraction of sp³-hybridized carbons (Fsp3) is 0.833. The van der Waals surface area contributed by atoms with Gasteiger partial charge in [0.2, 0.25) is 5.91 Å². The Balaban J connectivity index is 2.63. The Labute approximate surface area is 91.6 Å². The van der Waals surface area contributed by atoms with Gasteiger partial charge in [0.15, 0.2) is 5.78 Å². The lowest BCUT2D eigenvalue weighted by Crippen LogP contribution is -2.49. The molecule has 15 heavy (non-hydrogen) atoms. The third-order valence-corrected chi connectivity index (χ3v) is 2.77. The highest BCUT2D eigenvalue weighted by Gasteiger charge is 2.36. The van der Waals surface area contributed by atoms with Crippen molar-refractivity contribution in [2.45, 2.75) is 53.0 Å². The maximum atomic E-state index is 11.7. The molecule has 0 spiro atoms. The van der Waals surface area contributed by atoms with Crippen LogP contribution in [0.15, 0.2) is 0 Å². The van der Waals surface area contributed by atoms with Gasteiger partial charge in [-0.1, -0.05) is 27.7 Å². The van der Waals surface area contributed by atoms with Crippen LogP contribution < -0.4 is 5.32 Å². The van der Waals surface area contributed by atoms with E-state index in [0.717, 1.165) is 12.8 Å². The first-order chi connectivity index (χ1) is 6.86. The molecule has 1 fully saturated rings. The van der Waals surface area contributed by atoms with Gasteiger partial charge in [0, 0.05) is 12.3 Å². The van der Waals surface area contributed by atoms with Crippen LogP contribution in [-0.2, 0) is 9.59 Å². The van der Waals surface area contributed by atoms with Crippen molar-refractivity contribution >= 4 is 11.7 Å². The molecule has 0 saturated heterocycles. The summed E-state index contributed by atoms with van der Waals surface area (Å²) < 4.78 is 0. The van der Waals surface area contributed by atoms with Gasteiger partial charge >= 0.3 is 0 Å². The van der Waals surface area contributed by atoms with E-state index in [1.54, 1.807) is 0 Å². The van der Waals surface area contributed by atoms with Crippen LogP contribution in [0.25, 0.3) is 0 Å². The van der Waals surface area contributed by atoms with E-state index in [9.17, 15) is 9.59 Å². The Kier molecular flexibility index (Phi) is 3.53.